The fraction of sp³-hybridized carbons (Fsp3) is 1.00. The van der Waals surface area contributed by atoms with Gasteiger partial charge < -0.3 is 20.9 Å². The van der Waals surface area contributed by atoms with Crippen molar-refractivity contribution in [2.75, 3.05) is 39.5 Å². The second kappa shape index (κ2) is 24.2. The molecule has 0 fully saturated rings. The molecule has 0 spiro atoms. The zero-order valence-electron chi connectivity index (χ0n) is 11.8. The van der Waals surface area contributed by atoms with Crippen molar-refractivity contribution in [1.29, 1.82) is 0 Å². The van der Waals surface area contributed by atoms with Gasteiger partial charge in [-0.3, -0.25) is 0 Å². The first-order chi connectivity index (χ1) is 7.65. The van der Waals surface area contributed by atoms with Crippen molar-refractivity contribution in [2.24, 2.45) is 17.4 Å². The molecule has 0 unspecified atom stereocenters. The van der Waals surface area contributed by atoms with Crippen molar-refractivity contribution in [3.05, 3.63) is 0 Å². The third kappa shape index (κ3) is 48.8. The molecule has 102 valence electrons. The van der Waals surface area contributed by atoms with Gasteiger partial charge in [-0.2, -0.15) is 0 Å². The van der Waals surface area contributed by atoms with Crippen LogP contribution in [0.5, 0.6) is 0 Å². The maximum atomic E-state index is 5.18. The molecule has 0 aromatic heterocycles. The van der Waals surface area contributed by atoms with Crippen LogP contribution in [0.1, 0.15) is 34.6 Å². The van der Waals surface area contributed by atoms with Crippen molar-refractivity contribution in [3.63, 3.8) is 0 Å². The summed E-state index contributed by atoms with van der Waals surface area (Å²) in [5, 5.41) is 0. The summed E-state index contributed by atoms with van der Waals surface area (Å²) in [5.74, 6) is 0.833. The molecule has 0 radical (unpaired) electrons. The molecular formula is C12H32N2O2. The summed E-state index contributed by atoms with van der Waals surface area (Å²) in [7, 11) is 0. The van der Waals surface area contributed by atoms with Crippen LogP contribution < -0.4 is 11.5 Å². The van der Waals surface area contributed by atoms with E-state index in [1.165, 1.54) is 0 Å². The highest BCUT2D eigenvalue weighted by Gasteiger charge is 1.85. The Morgan fingerprint density at radius 2 is 1.00 bits per heavy atom. The van der Waals surface area contributed by atoms with Gasteiger partial charge in [-0.05, 0) is 5.92 Å². The molecule has 0 aliphatic rings. The Morgan fingerprint density at radius 1 is 0.750 bits per heavy atom. The van der Waals surface area contributed by atoms with E-state index in [1.54, 1.807) is 0 Å². The Kier molecular flexibility index (Phi) is 32.0. The maximum absolute atomic E-state index is 5.18. The van der Waals surface area contributed by atoms with Crippen molar-refractivity contribution in [3.8, 4) is 0 Å². The lowest BCUT2D eigenvalue weighted by molar-refractivity contribution is 0.0538. The van der Waals surface area contributed by atoms with Crippen molar-refractivity contribution in [2.45, 2.75) is 34.6 Å². The fourth-order valence-corrected chi connectivity index (χ4v) is 0.489. The van der Waals surface area contributed by atoms with Gasteiger partial charge in [0.05, 0.1) is 26.4 Å². The van der Waals surface area contributed by atoms with Crippen molar-refractivity contribution >= 4 is 0 Å². The van der Waals surface area contributed by atoms with E-state index in [9.17, 15) is 0 Å². The topological polar surface area (TPSA) is 70.5 Å². The molecule has 0 amide bonds. The predicted octanol–water partition coefficient (Wildman–Crippen LogP) is 1.63. The maximum Gasteiger partial charge on any atom is 0.0701 e. The van der Waals surface area contributed by atoms with Crippen LogP contribution in [0.15, 0.2) is 0 Å². The molecule has 0 heterocycles. The van der Waals surface area contributed by atoms with Gasteiger partial charge in [0.25, 0.3) is 0 Å². The molecule has 0 aliphatic heterocycles. The second-order valence-corrected chi connectivity index (χ2v) is 3.53. The quantitative estimate of drug-likeness (QED) is 0.659. The lowest BCUT2D eigenvalue weighted by Crippen LogP contribution is -2.14. The molecule has 16 heavy (non-hydrogen) atoms. The Balaban J connectivity index is -0.000000237. The molecule has 0 bridgehead atoms. The molecule has 0 aromatic rings. The highest BCUT2D eigenvalue weighted by molar-refractivity contribution is 4.34. The Bertz CT molecular complexity index is 80.3. The standard InChI is InChI=1S/C6H16N2O2.C4H10.C2H6/c7-1-3-9-5-6-10-4-2-8;1-4(2)3;1-2/h1-8H2;4H,1-3H3;1-2H3. The number of ether oxygens (including phenoxy) is 2. The Hall–Kier alpha value is -0.160. The number of hydrogen-bond donors (Lipinski definition) is 2. The van der Waals surface area contributed by atoms with Gasteiger partial charge in [0, 0.05) is 13.1 Å². The highest BCUT2D eigenvalue weighted by Crippen LogP contribution is 1.81. The van der Waals surface area contributed by atoms with Gasteiger partial charge >= 0.3 is 0 Å². The Labute approximate surface area is 102 Å². The first kappa shape index (κ1) is 21.2. The number of rotatable bonds is 7. The third-order valence-corrected chi connectivity index (χ3v) is 0.896. The summed E-state index contributed by atoms with van der Waals surface area (Å²) in [6, 6.07) is 0. The van der Waals surface area contributed by atoms with E-state index in [0.29, 0.717) is 39.5 Å². The van der Waals surface area contributed by atoms with E-state index in [2.05, 4.69) is 20.8 Å². The van der Waals surface area contributed by atoms with Crippen molar-refractivity contribution in [1.82, 2.24) is 0 Å². The van der Waals surface area contributed by atoms with Crippen LogP contribution in [0, 0.1) is 5.92 Å². The predicted molar refractivity (Wildman–Crippen MR) is 71.6 cm³/mol. The lowest BCUT2D eigenvalue weighted by Gasteiger charge is -2.02. The van der Waals surface area contributed by atoms with Crippen LogP contribution in [0.25, 0.3) is 0 Å². The molecule has 0 atom stereocenters. The largest absolute Gasteiger partial charge is 0.378 e. The van der Waals surface area contributed by atoms with Gasteiger partial charge in [-0.15, -0.1) is 0 Å². The normalized spacial score (nSPS) is 9.00. The van der Waals surface area contributed by atoms with Gasteiger partial charge in [0.2, 0.25) is 0 Å². The van der Waals surface area contributed by atoms with Gasteiger partial charge in [-0.1, -0.05) is 34.6 Å². The molecule has 0 aromatic carbocycles. The molecule has 4 heteroatoms. The van der Waals surface area contributed by atoms with Crippen LogP contribution in [-0.2, 0) is 9.47 Å². The second-order valence-electron chi connectivity index (χ2n) is 3.53. The zero-order valence-corrected chi connectivity index (χ0v) is 11.8. The number of nitrogens with two attached hydrogens (primary N) is 2. The van der Waals surface area contributed by atoms with Crippen LogP contribution in [0.3, 0.4) is 0 Å². The Morgan fingerprint density at radius 3 is 1.19 bits per heavy atom. The summed E-state index contributed by atoms with van der Waals surface area (Å²) in [5.41, 5.74) is 10.4. The summed E-state index contributed by atoms with van der Waals surface area (Å²) in [6.45, 7) is 14.1. The monoisotopic (exact) mass is 236 g/mol. The summed E-state index contributed by atoms with van der Waals surface area (Å²) in [6.07, 6.45) is 0. The van der Waals surface area contributed by atoms with Gasteiger partial charge in [-0.25, -0.2) is 0 Å². The first-order valence-electron chi connectivity index (χ1n) is 6.20. The average Bonchev–Trinajstić information content (AvgIpc) is 2.25. The van der Waals surface area contributed by atoms with Crippen LogP contribution in [0.2, 0.25) is 0 Å². The van der Waals surface area contributed by atoms with E-state index in [0.717, 1.165) is 5.92 Å². The minimum atomic E-state index is 0.566. The van der Waals surface area contributed by atoms with Gasteiger partial charge in [0.1, 0.15) is 0 Å². The van der Waals surface area contributed by atoms with E-state index < -0.39 is 0 Å². The zero-order chi connectivity index (χ0) is 13.2. The molecule has 4 N–H and O–H groups in total. The van der Waals surface area contributed by atoms with Gasteiger partial charge in [0.15, 0.2) is 0 Å². The minimum Gasteiger partial charge on any atom is -0.378 e. The van der Waals surface area contributed by atoms with E-state index in [-0.39, 0.29) is 0 Å². The number of hydrogen-bond acceptors (Lipinski definition) is 4. The molecule has 0 saturated carbocycles. The average molecular weight is 236 g/mol. The summed E-state index contributed by atoms with van der Waals surface area (Å²) < 4.78 is 10.1. The lowest BCUT2D eigenvalue weighted by atomic mass is 10.3. The third-order valence-electron chi connectivity index (χ3n) is 0.896. The smallest absolute Gasteiger partial charge is 0.0701 e. The fourth-order valence-electron chi connectivity index (χ4n) is 0.489. The molecular weight excluding hydrogens is 204 g/mol. The molecule has 0 rings (SSSR count). The van der Waals surface area contributed by atoms with Crippen LogP contribution >= 0.6 is 0 Å². The van der Waals surface area contributed by atoms with Crippen LogP contribution in [-0.4, -0.2) is 39.5 Å². The minimum absolute atomic E-state index is 0.566. The van der Waals surface area contributed by atoms with Crippen LogP contribution in [0.4, 0.5) is 0 Å². The molecule has 0 aliphatic carbocycles. The SMILES string of the molecule is CC.CC(C)C.NCCOCCOCCN. The summed E-state index contributed by atoms with van der Waals surface area (Å²) >= 11 is 0. The van der Waals surface area contributed by atoms with E-state index >= 15 is 0 Å². The first-order valence-corrected chi connectivity index (χ1v) is 6.20. The highest BCUT2D eigenvalue weighted by atomic mass is 16.5. The van der Waals surface area contributed by atoms with Crippen molar-refractivity contribution < 1.29 is 9.47 Å². The molecule has 4 nitrogen and oxygen atoms in total. The molecule has 0 saturated heterocycles. The van der Waals surface area contributed by atoms with E-state index in [1.807, 2.05) is 13.8 Å². The van der Waals surface area contributed by atoms with E-state index in [4.69, 9.17) is 20.9 Å². The summed E-state index contributed by atoms with van der Waals surface area (Å²) in [4.78, 5) is 0.